The van der Waals surface area contributed by atoms with Crippen LogP contribution < -0.4 is 5.32 Å². The van der Waals surface area contributed by atoms with E-state index in [-0.39, 0.29) is 24.1 Å². The maximum absolute atomic E-state index is 11.7. The van der Waals surface area contributed by atoms with Crippen molar-refractivity contribution in [3.8, 4) is 0 Å². The van der Waals surface area contributed by atoms with Gasteiger partial charge in [0.1, 0.15) is 6.26 Å². The van der Waals surface area contributed by atoms with Crippen molar-refractivity contribution in [2.45, 2.75) is 44.6 Å². The lowest BCUT2D eigenvalue weighted by molar-refractivity contribution is -0.0144. The van der Waals surface area contributed by atoms with E-state index in [4.69, 9.17) is 0 Å². The quantitative estimate of drug-likeness (QED) is 0.855. The van der Waals surface area contributed by atoms with Crippen molar-refractivity contribution in [1.29, 1.82) is 0 Å². The lowest BCUT2D eigenvalue weighted by Gasteiger charge is -2.35. The van der Waals surface area contributed by atoms with Gasteiger partial charge in [-0.15, -0.1) is 0 Å². The Morgan fingerprint density at radius 1 is 1.56 bits per heavy atom. The normalized spacial score (nSPS) is 20.3. The van der Waals surface area contributed by atoms with E-state index in [1.807, 2.05) is 0 Å². The first-order chi connectivity index (χ1) is 8.59. The van der Waals surface area contributed by atoms with E-state index in [0.717, 1.165) is 25.7 Å². The lowest BCUT2D eigenvalue weighted by Crippen LogP contribution is -2.46. The summed E-state index contributed by atoms with van der Waals surface area (Å²) >= 11 is 0. The summed E-state index contributed by atoms with van der Waals surface area (Å²) in [5.74, 6) is -0.0382. The molecule has 1 amide bonds. The van der Waals surface area contributed by atoms with Crippen LogP contribution in [0.25, 0.3) is 0 Å². The summed E-state index contributed by atoms with van der Waals surface area (Å²) in [5, 5.41) is 16.7. The Hall–Kier alpha value is -1.36. The fourth-order valence-electron chi connectivity index (χ4n) is 2.55. The first kappa shape index (κ1) is 13.1. The molecule has 0 aliphatic heterocycles. The third kappa shape index (κ3) is 3.10. The third-order valence-corrected chi connectivity index (χ3v) is 3.76. The summed E-state index contributed by atoms with van der Waals surface area (Å²) in [5.41, 5.74) is -0.603. The highest BCUT2D eigenvalue weighted by atomic mass is 16.5. The van der Waals surface area contributed by atoms with Crippen LogP contribution in [0.5, 0.6) is 0 Å². The second-order valence-corrected chi connectivity index (χ2v) is 5.26. The van der Waals surface area contributed by atoms with Gasteiger partial charge in [-0.25, -0.2) is 0 Å². The molecule has 0 unspecified atom stereocenters. The van der Waals surface area contributed by atoms with Gasteiger partial charge in [0.2, 0.25) is 0 Å². The number of aliphatic hydroxyl groups is 1. The Labute approximate surface area is 107 Å². The maximum atomic E-state index is 11.7. The van der Waals surface area contributed by atoms with Crippen LogP contribution >= 0.6 is 0 Å². The van der Waals surface area contributed by atoms with Gasteiger partial charge in [-0.1, -0.05) is 24.4 Å². The molecule has 0 aromatic carbocycles. The number of hydrogen-bond donors (Lipinski definition) is 2. The van der Waals surface area contributed by atoms with Crippen LogP contribution in [0.4, 0.5) is 0 Å². The Morgan fingerprint density at radius 2 is 2.28 bits per heavy atom. The molecule has 1 saturated carbocycles. The Balaban J connectivity index is 1.86. The van der Waals surface area contributed by atoms with Crippen molar-refractivity contribution in [2.24, 2.45) is 5.92 Å². The molecule has 5 nitrogen and oxygen atoms in total. The highest BCUT2D eigenvalue weighted by Crippen LogP contribution is 2.32. The van der Waals surface area contributed by atoms with E-state index in [1.165, 1.54) is 18.8 Å². The van der Waals surface area contributed by atoms with E-state index in [0.29, 0.717) is 0 Å². The summed E-state index contributed by atoms with van der Waals surface area (Å²) in [6.45, 7) is 2.05. The summed E-state index contributed by atoms with van der Waals surface area (Å²) in [6, 6.07) is 1.50. The second-order valence-electron chi connectivity index (χ2n) is 5.26. The number of amides is 1. The van der Waals surface area contributed by atoms with Gasteiger partial charge < -0.3 is 14.9 Å². The van der Waals surface area contributed by atoms with Crippen LogP contribution in [0.2, 0.25) is 0 Å². The number of carbonyl (C=O) groups excluding carboxylic acids is 1. The lowest BCUT2D eigenvalue weighted by atomic mass is 9.78. The van der Waals surface area contributed by atoms with Crippen molar-refractivity contribution >= 4 is 5.91 Å². The second kappa shape index (κ2) is 5.52. The van der Waals surface area contributed by atoms with Crippen molar-refractivity contribution < 1.29 is 14.4 Å². The maximum Gasteiger partial charge on any atom is 0.273 e. The molecular weight excluding hydrogens is 232 g/mol. The highest BCUT2D eigenvalue weighted by Gasteiger charge is 2.33. The Kier molecular flexibility index (Phi) is 4.01. The molecule has 2 N–H and O–H groups in total. The smallest absolute Gasteiger partial charge is 0.273 e. The summed E-state index contributed by atoms with van der Waals surface area (Å²) in [6.07, 6.45) is 7.00. The molecule has 18 heavy (non-hydrogen) atoms. The molecule has 5 heteroatoms. The molecule has 1 aliphatic rings. The van der Waals surface area contributed by atoms with E-state index >= 15 is 0 Å². The topological polar surface area (TPSA) is 75.4 Å². The molecule has 1 fully saturated rings. The van der Waals surface area contributed by atoms with Crippen molar-refractivity contribution in [2.75, 3.05) is 6.54 Å². The van der Waals surface area contributed by atoms with Gasteiger partial charge >= 0.3 is 0 Å². The minimum Gasteiger partial charge on any atom is -0.388 e. The zero-order valence-corrected chi connectivity index (χ0v) is 10.7. The van der Waals surface area contributed by atoms with Crippen LogP contribution in [-0.4, -0.2) is 28.3 Å². The van der Waals surface area contributed by atoms with Crippen LogP contribution in [0.15, 0.2) is 16.9 Å². The van der Waals surface area contributed by atoms with Crippen molar-refractivity contribution in [1.82, 2.24) is 10.5 Å². The van der Waals surface area contributed by atoms with E-state index in [9.17, 15) is 9.90 Å². The minimum absolute atomic E-state index is 0.245. The average molecular weight is 252 g/mol. The molecule has 0 saturated heterocycles. The number of rotatable bonds is 4. The molecule has 1 aliphatic carbocycles. The SMILES string of the molecule is C[C@](O)(CNC(=O)c1ccon1)C1CCCCC1. The van der Waals surface area contributed by atoms with E-state index in [1.54, 1.807) is 6.92 Å². The zero-order chi connectivity index (χ0) is 13.0. The standard InChI is InChI=1S/C13H20N2O3/c1-13(17,10-5-3-2-4-6-10)9-14-12(16)11-7-8-18-15-11/h7-8,10,17H,2-6,9H2,1H3,(H,14,16)/t13-/m0/s1. The largest absolute Gasteiger partial charge is 0.388 e. The average Bonchev–Trinajstić information content (AvgIpc) is 2.91. The predicted octanol–water partition coefficient (Wildman–Crippen LogP) is 1.74. The van der Waals surface area contributed by atoms with Crippen molar-refractivity contribution in [3.63, 3.8) is 0 Å². The van der Waals surface area contributed by atoms with E-state index in [2.05, 4.69) is 15.0 Å². The molecule has 1 heterocycles. The number of aromatic nitrogens is 1. The minimum atomic E-state index is -0.847. The van der Waals surface area contributed by atoms with E-state index < -0.39 is 5.60 Å². The Morgan fingerprint density at radius 3 is 2.89 bits per heavy atom. The molecule has 2 rings (SSSR count). The van der Waals surface area contributed by atoms with Crippen molar-refractivity contribution in [3.05, 3.63) is 18.0 Å². The molecule has 0 radical (unpaired) electrons. The summed E-state index contributed by atoms with van der Waals surface area (Å²) in [7, 11) is 0. The molecule has 0 bridgehead atoms. The van der Waals surface area contributed by atoms with Gasteiger partial charge in [0.15, 0.2) is 5.69 Å². The van der Waals surface area contributed by atoms with Gasteiger partial charge in [0, 0.05) is 12.6 Å². The number of carbonyl (C=O) groups is 1. The predicted molar refractivity (Wildman–Crippen MR) is 66.0 cm³/mol. The van der Waals surface area contributed by atoms with Gasteiger partial charge in [0.25, 0.3) is 5.91 Å². The fraction of sp³-hybridized carbons (Fsp3) is 0.692. The fourth-order valence-corrected chi connectivity index (χ4v) is 2.55. The van der Waals surface area contributed by atoms with Gasteiger partial charge in [-0.05, 0) is 25.7 Å². The van der Waals surface area contributed by atoms with Gasteiger partial charge in [-0.3, -0.25) is 4.79 Å². The monoisotopic (exact) mass is 252 g/mol. The van der Waals surface area contributed by atoms with Gasteiger partial charge in [-0.2, -0.15) is 0 Å². The molecule has 1 atom stereocenters. The summed E-state index contributed by atoms with van der Waals surface area (Å²) < 4.78 is 4.61. The third-order valence-electron chi connectivity index (χ3n) is 3.76. The van der Waals surface area contributed by atoms with Crippen LogP contribution in [0.1, 0.15) is 49.5 Å². The summed E-state index contributed by atoms with van der Waals surface area (Å²) in [4.78, 5) is 11.7. The zero-order valence-electron chi connectivity index (χ0n) is 10.7. The molecule has 100 valence electrons. The van der Waals surface area contributed by atoms with Crippen LogP contribution in [-0.2, 0) is 0 Å². The molecule has 0 spiro atoms. The first-order valence-electron chi connectivity index (χ1n) is 6.50. The number of nitrogens with zero attached hydrogens (tertiary/aromatic N) is 1. The van der Waals surface area contributed by atoms with Crippen LogP contribution in [0, 0.1) is 5.92 Å². The molecule has 1 aromatic heterocycles. The molecule has 1 aromatic rings. The van der Waals surface area contributed by atoms with Gasteiger partial charge in [0.05, 0.1) is 5.60 Å². The van der Waals surface area contributed by atoms with Crippen LogP contribution in [0.3, 0.4) is 0 Å². The number of nitrogens with one attached hydrogen (secondary N) is 1. The number of hydrogen-bond acceptors (Lipinski definition) is 4. The Bertz CT molecular complexity index is 381. The highest BCUT2D eigenvalue weighted by molar-refractivity contribution is 5.91. The molecular formula is C13H20N2O3. The first-order valence-corrected chi connectivity index (χ1v) is 6.50.